The molecule has 9 nitrogen and oxygen atoms in total. The number of nitrogens with zero attached hydrogens (tertiary/aromatic N) is 5. The van der Waals surface area contributed by atoms with Gasteiger partial charge in [0.15, 0.2) is 0 Å². The van der Waals surface area contributed by atoms with Crippen LogP contribution in [0, 0.1) is 0 Å². The first-order chi connectivity index (χ1) is 17.5. The predicted molar refractivity (Wildman–Crippen MR) is 136 cm³/mol. The largest absolute Gasteiger partial charge is 0.420 e. The molecule has 36 heavy (non-hydrogen) atoms. The zero-order chi connectivity index (χ0) is 24.6. The van der Waals surface area contributed by atoms with E-state index in [9.17, 15) is 4.79 Å². The Morgan fingerprint density at radius 3 is 2.83 bits per heavy atom. The Kier molecular flexibility index (Phi) is 5.77. The maximum absolute atomic E-state index is 12.6. The monoisotopic (exact) mass is 501 g/mol. The van der Waals surface area contributed by atoms with Gasteiger partial charge >= 0.3 is 0 Å². The number of pyridine rings is 1. The third-order valence-corrected chi connectivity index (χ3v) is 6.97. The average Bonchev–Trinajstić information content (AvgIpc) is 3.67. The molecule has 0 bridgehead atoms. The number of hydrogen-bond donors (Lipinski definition) is 2. The van der Waals surface area contributed by atoms with Crippen LogP contribution in [0.15, 0.2) is 53.5 Å². The van der Waals surface area contributed by atoms with Crippen molar-refractivity contribution < 1.29 is 9.21 Å². The highest BCUT2D eigenvalue weighted by atomic mass is 35.5. The van der Waals surface area contributed by atoms with E-state index in [1.807, 2.05) is 31.6 Å². The number of halogens is 1. The molecule has 0 atom stereocenters. The number of rotatable bonds is 6. The summed E-state index contributed by atoms with van der Waals surface area (Å²) < 4.78 is 7.74. The van der Waals surface area contributed by atoms with Crippen molar-refractivity contribution in [3.63, 3.8) is 0 Å². The van der Waals surface area contributed by atoms with Crippen LogP contribution in [0.3, 0.4) is 0 Å². The van der Waals surface area contributed by atoms with E-state index in [4.69, 9.17) is 16.0 Å². The van der Waals surface area contributed by atoms with Crippen molar-refractivity contribution in [2.75, 3.05) is 0 Å². The molecule has 0 spiro atoms. The van der Waals surface area contributed by atoms with Gasteiger partial charge in [-0.25, -0.2) is 4.98 Å². The van der Waals surface area contributed by atoms with Crippen LogP contribution in [0.4, 0.5) is 0 Å². The normalized spacial score (nSPS) is 14.1. The first-order valence-electron chi connectivity index (χ1n) is 11.9. The molecule has 10 heteroatoms. The van der Waals surface area contributed by atoms with Crippen LogP contribution >= 0.6 is 11.6 Å². The summed E-state index contributed by atoms with van der Waals surface area (Å²) in [6.45, 7) is 0. The van der Waals surface area contributed by atoms with E-state index < -0.39 is 0 Å². The third-order valence-electron chi connectivity index (χ3n) is 6.61. The number of aromatic nitrogens is 6. The predicted octanol–water partition coefficient (Wildman–Crippen LogP) is 4.93. The fourth-order valence-electron chi connectivity index (χ4n) is 4.68. The Hall–Kier alpha value is -3.98. The summed E-state index contributed by atoms with van der Waals surface area (Å²) in [5.74, 6) is 0.736. The number of H-pyrrole nitrogens is 1. The minimum absolute atomic E-state index is 0.0889. The van der Waals surface area contributed by atoms with Crippen molar-refractivity contribution in [3.8, 4) is 22.6 Å². The standard InChI is InChI=1S/C26H24ClN7O2/c1-34-14-18(12-30-34)17-8-20-21(13-29-24(20)28-11-17)26-33-32-23(36-26)10-15-6-7-16(9-22(15)27)25(35)31-19-4-2-3-5-19/h6-9,11-14,19H,2-5,10H2,1H3,(H,28,29)(H,31,35). The molecule has 0 unspecified atom stereocenters. The summed E-state index contributed by atoms with van der Waals surface area (Å²) in [6, 6.07) is 7.61. The first-order valence-corrected chi connectivity index (χ1v) is 12.3. The molecule has 2 N–H and O–H groups in total. The molecule has 4 aromatic heterocycles. The highest BCUT2D eigenvalue weighted by molar-refractivity contribution is 6.31. The van der Waals surface area contributed by atoms with Gasteiger partial charge in [0.1, 0.15) is 5.65 Å². The van der Waals surface area contributed by atoms with E-state index in [0.29, 0.717) is 28.8 Å². The number of aryl methyl sites for hydroxylation is 1. The maximum atomic E-state index is 12.6. The van der Waals surface area contributed by atoms with Crippen molar-refractivity contribution in [1.82, 2.24) is 35.3 Å². The van der Waals surface area contributed by atoms with Gasteiger partial charge in [-0.15, -0.1) is 10.2 Å². The summed E-state index contributed by atoms with van der Waals surface area (Å²) in [6.07, 6.45) is 12.1. The van der Waals surface area contributed by atoms with E-state index >= 15 is 0 Å². The Morgan fingerprint density at radius 2 is 2.06 bits per heavy atom. The van der Waals surface area contributed by atoms with E-state index in [1.165, 1.54) is 0 Å². The lowest BCUT2D eigenvalue weighted by Crippen LogP contribution is -2.32. The van der Waals surface area contributed by atoms with Crippen molar-refractivity contribution in [1.29, 1.82) is 0 Å². The molecule has 1 fully saturated rings. The van der Waals surface area contributed by atoms with Crippen molar-refractivity contribution in [2.45, 2.75) is 38.1 Å². The second-order valence-electron chi connectivity index (χ2n) is 9.16. The van der Waals surface area contributed by atoms with Gasteiger partial charge < -0.3 is 14.7 Å². The minimum atomic E-state index is -0.0889. The summed E-state index contributed by atoms with van der Waals surface area (Å²) in [7, 11) is 1.88. The van der Waals surface area contributed by atoms with Crippen LogP contribution < -0.4 is 5.32 Å². The van der Waals surface area contributed by atoms with Crippen LogP contribution in [0.25, 0.3) is 33.6 Å². The number of fused-ring (bicyclic) bond motifs is 1. The highest BCUT2D eigenvalue weighted by Gasteiger charge is 2.20. The van der Waals surface area contributed by atoms with Gasteiger partial charge in [0.2, 0.25) is 11.8 Å². The number of benzene rings is 1. The summed E-state index contributed by atoms with van der Waals surface area (Å²) >= 11 is 6.51. The van der Waals surface area contributed by atoms with E-state index in [1.54, 1.807) is 29.2 Å². The number of hydrogen-bond acceptors (Lipinski definition) is 6. The molecular formula is C26H24ClN7O2. The van der Waals surface area contributed by atoms with Crippen LogP contribution in [0.2, 0.25) is 5.02 Å². The van der Waals surface area contributed by atoms with Gasteiger partial charge in [-0.3, -0.25) is 9.48 Å². The molecule has 0 aliphatic heterocycles. The molecule has 0 radical (unpaired) electrons. The smallest absolute Gasteiger partial charge is 0.251 e. The fraction of sp³-hybridized carbons (Fsp3) is 0.269. The maximum Gasteiger partial charge on any atom is 0.251 e. The first kappa shape index (κ1) is 22.5. The molecule has 182 valence electrons. The Balaban J connectivity index is 1.21. The van der Waals surface area contributed by atoms with Crippen molar-refractivity contribution >= 4 is 28.5 Å². The Bertz CT molecular complexity index is 1560. The molecule has 1 saturated carbocycles. The number of amides is 1. The molecule has 4 heterocycles. The number of nitrogens with one attached hydrogen (secondary N) is 2. The lowest BCUT2D eigenvalue weighted by Gasteiger charge is -2.12. The van der Waals surface area contributed by atoms with Gasteiger partial charge in [-0.05, 0) is 36.6 Å². The lowest BCUT2D eigenvalue weighted by molar-refractivity contribution is 0.0938. The molecular weight excluding hydrogens is 478 g/mol. The third kappa shape index (κ3) is 4.37. The Morgan fingerprint density at radius 1 is 1.19 bits per heavy atom. The Labute approximate surface area is 211 Å². The molecule has 0 saturated heterocycles. The highest BCUT2D eigenvalue weighted by Crippen LogP contribution is 2.31. The lowest BCUT2D eigenvalue weighted by atomic mass is 10.1. The number of aromatic amines is 1. The molecule has 1 amide bonds. The molecule has 1 aliphatic rings. The summed E-state index contributed by atoms with van der Waals surface area (Å²) in [5, 5.41) is 17.2. The SMILES string of the molecule is Cn1cc(-c2cnc3[nH]cc(-c4nnc(Cc5ccc(C(=O)NC6CCCC6)cc5Cl)o4)c3c2)cn1. The van der Waals surface area contributed by atoms with E-state index in [2.05, 4.69) is 30.6 Å². The van der Waals surface area contributed by atoms with Gasteiger partial charge in [-0.2, -0.15) is 5.10 Å². The van der Waals surface area contributed by atoms with Crippen LogP contribution in [-0.2, 0) is 13.5 Å². The van der Waals surface area contributed by atoms with Gasteiger partial charge in [0, 0.05) is 58.8 Å². The quantitative estimate of drug-likeness (QED) is 0.341. The number of carbonyl (C=O) groups is 1. The molecule has 1 aromatic carbocycles. The minimum Gasteiger partial charge on any atom is -0.420 e. The fourth-order valence-corrected chi connectivity index (χ4v) is 4.92. The molecule has 5 aromatic rings. The van der Waals surface area contributed by atoms with Gasteiger partial charge in [0.25, 0.3) is 5.91 Å². The van der Waals surface area contributed by atoms with Gasteiger partial charge in [0.05, 0.1) is 18.2 Å². The molecule has 6 rings (SSSR count). The van der Waals surface area contributed by atoms with Crippen LogP contribution in [0.5, 0.6) is 0 Å². The topological polar surface area (TPSA) is 115 Å². The molecule has 1 aliphatic carbocycles. The van der Waals surface area contributed by atoms with E-state index in [-0.39, 0.29) is 11.9 Å². The summed E-state index contributed by atoms with van der Waals surface area (Å²) in [5.41, 5.74) is 4.78. The van der Waals surface area contributed by atoms with Crippen molar-refractivity contribution in [3.05, 3.63) is 71.1 Å². The zero-order valence-electron chi connectivity index (χ0n) is 19.7. The number of carbonyl (C=O) groups excluding carboxylic acids is 1. The van der Waals surface area contributed by atoms with Crippen LogP contribution in [-0.4, -0.2) is 41.9 Å². The van der Waals surface area contributed by atoms with Gasteiger partial charge in [-0.1, -0.05) is 30.5 Å². The van der Waals surface area contributed by atoms with E-state index in [0.717, 1.165) is 59.0 Å². The second kappa shape index (κ2) is 9.23. The second-order valence-corrected chi connectivity index (χ2v) is 9.57. The average molecular weight is 502 g/mol. The zero-order valence-corrected chi connectivity index (χ0v) is 20.4. The van der Waals surface area contributed by atoms with Crippen LogP contribution in [0.1, 0.15) is 47.5 Å². The summed E-state index contributed by atoms with van der Waals surface area (Å²) in [4.78, 5) is 20.2. The van der Waals surface area contributed by atoms with Crippen molar-refractivity contribution in [2.24, 2.45) is 7.05 Å².